The molecule has 0 aliphatic heterocycles. The lowest BCUT2D eigenvalue weighted by molar-refractivity contribution is 0.0745. The smallest absolute Gasteiger partial charge is 0.254 e. The molecule has 0 saturated carbocycles. The van der Waals surface area contributed by atoms with Crippen molar-refractivity contribution in [3.05, 3.63) is 87.3 Å². The van der Waals surface area contributed by atoms with Gasteiger partial charge in [-0.3, -0.25) is 9.78 Å². The summed E-state index contributed by atoms with van der Waals surface area (Å²) in [6.45, 7) is 1.21. The van der Waals surface area contributed by atoms with E-state index in [9.17, 15) is 4.79 Å². The fourth-order valence-corrected chi connectivity index (χ4v) is 3.26. The van der Waals surface area contributed by atoms with Gasteiger partial charge in [0.2, 0.25) is 0 Å². The molecule has 0 aliphatic rings. The molecular weight excluding hydrogens is 340 g/mol. The largest absolute Gasteiger partial charge is 0.334 e. The molecule has 3 aromatic rings. The van der Waals surface area contributed by atoms with Crippen LogP contribution in [0.5, 0.6) is 0 Å². The summed E-state index contributed by atoms with van der Waals surface area (Å²) >= 11 is 7.64. The van der Waals surface area contributed by atoms with Gasteiger partial charge < -0.3 is 4.90 Å². The van der Waals surface area contributed by atoms with Gasteiger partial charge in [0, 0.05) is 40.9 Å². The fraction of sp³-hybridized carbons (Fsp3) is 0.158. The Morgan fingerprint density at radius 2 is 1.96 bits per heavy atom. The molecule has 0 bridgehead atoms. The van der Waals surface area contributed by atoms with Crippen LogP contribution in [0.2, 0.25) is 5.02 Å². The second-order valence-corrected chi connectivity index (χ2v) is 6.89. The van der Waals surface area contributed by atoms with E-state index >= 15 is 0 Å². The molecule has 0 unspecified atom stereocenters. The number of carbonyl (C=O) groups is 1. The minimum atomic E-state index is 0.00655. The topological polar surface area (TPSA) is 33.2 Å². The van der Waals surface area contributed by atoms with Crippen molar-refractivity contribution < 1.29 is 4.79 Å². The van der Waals surface area contributed by atoms with Crippen molar-refractivity contribution in [1.29, 1.82) is 0 Å². The first-order valence-electron chi connectivity index (χ1n) is 7.68. The minimum absolute atomic E-state index is 0.00655. The lowest BCUT2D eigenvalue weighted by atomic mass is 10.1. The van der Waals surface area contributed by atoms with Crippen molar-refractivity contribution in [1.82, 2.24) is 9.88 Å². The molecule has 24 heavy (non-hydrogen) atoms. The predicted octanol–water partition coefficient (Wildman–Crippen LogP) is 4.68. The average Bonchev–Trinajstić information content (AvgIpc) is 3.13. The van der Waals surface area contributed by atoms with Gasteiger partial charge in [0.25, 0.3) is 5.91 Å². The maximum atomic E-state index is 12.9. The summed E-state index contributed by atoms with van der Waals surface area (Å²) < 4.78 is 0. The van der Waals surface area contributed by atoms with Crippen LogP contribution in [0.15, 0.2) is 66.3 Å². The first kappa shape index (κ1) is 16.7. The standard InChI is InChI=1S/C19H17ClN2OS/c20-17-7-5-16(6-8-17)19(23)22(11-9-18-4-2-12-24-18)14-15-3-1-10-21-13-15/h1-8,10,12-13H,9,11,14H2. The molecule has 0 spiro atoms. The number of nitrogens with zero attached hydrogens (tertiary/aromatic N) is 2. The Bertz CT molecular complexity index is 773. The molecule has 1 aromatic carbocycles. The van der Waals surface area contributed by atoms with Crippen LogP contribution in [0.1, 0.15) is 20.8 Å². The highest BCUT2D eigenvalue weighted by molar-refractivity contribution is 7.09. The Kier molecular flexibility index (Phi) is 5.62. The van der Waals surface area contributed by atoms with Crippen LogP contribution in [0, 0.1) is 0 Å². The zero-order chi connectivity index (χ0) is 16.8. The van der Waals surface area contributed by atoms with E-state index in [1.807, 2.05) is 23.1 Å². The van der Waals surface area contributed by atoms with Crippen molar-refractivity contribution in [3.63, 3.8) is 0 Å². The summed E-state index contributed by atoms with van der Waals surface area (Å²) in [6.07, 6.45) is 4.38. The molecule has 0 saturated heterocycles. The number of hydrogen-bond donors (Lipinski definition) is 0. The first-order valence-corrected chi connectivity index (χ1v) is 8.94. The van der Waals surface area contributed by atoms with Crippen LogP contribution in [-0.2, 0) is 13.0 Å². The third-order valence-electron chi connectivity index (χ3n) is 3.68. The van der Waals surface area contributed by atoms with Gasteiger partial charge in [-0.1, -0.05) is 23.7 Å². The molecule has 3 nitrogen and oxygen atoms in total. The molecule has 5 heteroatoms. The third-order valence-corrected chi connectivity index (χ3v) is 4.87. The zero-order valence-electron chi connectivity index (χ0n) is 13.1. The summed E-state index contributed by atoms with van der Waals surface area (Å²) in [6, 6.07) is 15.0. The summed E-state index contributed by atoms with van der Waals surface area (Å²) in [5.41, 5.74) is 1.67. The minimum Gasteiger partial charge on any atom is -0.334 e. The number of pyridine rings is 1. The summed E-state index contributed by atoms with van der Waals surface area (Å²) in [7, 11) is 0. The highest BCUT2D eigenvalue weighted by Gasteiger charge is 2.16. The molecule has 0 N–H and O–H groups in total. The number of aromatic nitrogens is 1. The van der Waals surface area contributed by atoms with Crippen LogP contribution in [0.25, 0.3) is 0 Å². The predicted molar refractivity (Wildman–Crippen MR) is 98.5 cm³/mol. The van der Waals surface area contributed by atoms with Gasteiger partial charge >= 0.3 is 0 Å². The highest BCUT2D eigenvalue weighted by Crippen LogP contribution is 2.16. The van der Waals surface area contributed by atoms with Crippen LogP contribution in [0.3, 0.4) is 0 Å². The van der Waals surface area contributed by atoms with E-state index in [0.717, 1.165) is 12.0 Å². The third kappa shape index (κ3) is 4.43. The van der Waals surface area contributed by atoms with Crippen molar-refractivity contribution in [2.75, 3.05) is 6.54 Å². The summed E-state index contributed by atoms with van der Waals surface area (Å²) in [5, 5.41) is 2.69. The monoisotopic (exact) mass is 356 g/mol. The molecule has 2 aromatic heterocycles. The molecule has 0 atom stereocenters. The summed E-state index contributed by atoms with van der Waals surface area (Å²) in [4.78, 5) is 20.2. The average molecular weight is 357 g/mol. The second-order valence-electron chi connectivity index (χ2n) is 5.42. The van der Waals surface area contributed by atoms with Gasteiger partial charge in [0.1, 0.15) is 0 Å². The molecule has 0 fully saturated rings. The van der Waals surface area contributed by atoms with E-state index < -0.39 is 0 Å². The molecule has 122 valence electrons. The molecule has 1 amide bonds. The van der Waals surface area contributed by atoms with Crippen molar-refractivity contribution in [2.24, 2.45) is 0 Å². The van der Waals surface area contributed by atoms with Gasteiger partial charge in [0.05, 0.1) is 0 Å². The normalized spacial score (nSPS) is 10.5. The first-order chi connectivity index (χ1) is 11.7. The van der Waals surface area contributed by atoms with E-state index in [4.69, 9.17) is 11.6 Å². The van der Waals surface area contributed by atoms with Crippen LogP contribution < -0.4 is 0 Å². The number of hydrogen-bond acceptors (Lipinski definition) is 3. The van der Waals surface area contributed by atoms with E-state index in [2.05, 4.69) is 16.4 Å². The lowest BCUT2D eigenvalue weighted by Crippen LogP contribution is -2.32. The van der Waals surface area contributed by atoms with E-state index in [-0.39, 0.29) is 5.91 Å². The maximum absolute atomic E-state index is 12.9. The molecule has 0 aliphatic carbocycles. The summed E-state index contributed by atoms with van der Waals surface area (Å²) in [5.74, 6) is 0.00655. The van der Waals surface area contributed by atoms with E-state index in [1.165, 1.54) is 4.88 Å². The van der Waals surface area contributed by atoms with Gasteiger partial charge in [0.15, 0.2) is 0 Å². The Morgan fingerprint density at radius 3 is 2.62 bits per heavy atom. The quantitative estimate of drug-likeness (QED) is 0.642. The Morgan fingerprint density at radius 1 is 1.12 bits per heavy atom. The second kappa shape index (κ2) is 8.08. The van der Waals surface area contributed by atoms with Crippen LogP contribution in [-0.4, -0.2) is 22.3 Å². The fourth-order valence-electron chi connectivity index (χ4n) is 2.44. The Balaban J connectivity index is 1.77. The van der Waals surface area contributed by atoms with Crippen molar-refractivity contribution >= 4 is 28.8 Å². The SMILES string of the molecule is O=C(c1ccc(Cl)cc1)N(CCc1cccs1)Cc1cccnc1. The van der Waals surface area contributed by atoms with Gasteiger partial charge in [-0.25, -0.2) is 0 Å². The zero-order valence-corrected chi connectivity index (χ0v) is 14.6. The van der Waals surface area contributed by atoms with Gasteiger partial charge in [-0.05, 0) is 53.8 Å². The van der Waals surface area contributed by atoms with Crippen molar-refractivity contribution in [3.8, 4) is 0 Å². The number of amides is 1. The van der Waals surface area contributed by atoms with Crippen molar-refractivity contribution in [2.45, 2.75) is 13.0 Å². The number of thiophene rings is 1. The van der Waals surface area contributed by atoms with E-state index in [0.29, 0.717) is 23.7 Å². The van der Waals surface area contributed by atoms with Crippen LogP contribution in [0.4, 0.5) is 0 Å². The molecular formula is C19H17ClN2OS. The maximum Gasteiger partial charge on any atom is 0.254 e. The lowest BCUT2D eigenvalue weighted by Gasteiger charge is -2.22. The van der Waals surface area contributed by atoms with Gasteiger partial charge in [-0.2, -0.15) is 0 Å². The van der Waals surface area contributed by atoms with Crippen LogP contribution >= 0.6 is 22.9 Å². The Labute approximate surface area is 150 Å². The number of carbonyl (C=O) groups excluding carboxylic acids is 1. The Hall–Kier alpha value is -2.17. The number of rotatable bonds is 6. The van der Waals surface area contributed by atoms with E-state index in [1.54, 1.807) is 48.0 Å². The molecule has 3 rings (SSSR count). The number of benzene rings is 1. The molecule has 2 heterocycles. The molecule has 0 radical (unpaired) electrons. The number of halogens is 1. The highest BCUT2D eigenvalue weighted by atomic mass is 35.5. The van der Waals surface area contributed by atoms with Gasteiger partial charge in [-0.15, -0.1) is 11.3 Å².